The van der Waals surface area contributed by atoms with Gasteiger partial charge in [0.05, 0.1) is 5.25 Å². The Morgan fingerprint density at radius 2 is 1.75 bits per heavy atom. The summed E-state index contributed by atoms with van der Waals surface area (Å²) in [5.41, 5.74) is 3.21. The monoisotopic (exact) mass is 285 g/mol. The molecule has 0 aromatic heterocycles. The van der Waals surface area contributed by atoms with E-state index in [2.05, 4.69) is 5.32 Å². The molecule has 0 fully saturated rings. The normalized spacial score (nSPS) is 11.9. The van der Waals surface area contributed by atoms with Gasteiger partial charge in [0, 0.05) is 10.6 Å². The van der Waals surface area contributed by atoms with Crippen molar-refractivity contribution in [1.82, 2.24) is 0 Å². The summed E-state index contributed by atoms with van der Waals surface area (Å²) in [6.45, 7) is 6.01. The first-order valence-electron chi connectivity index (χ1n) is 6.66. The van der Waals surface area contributed by atoms with E-state index in [1.54, 1.807) is 11.8 Å². The van der Waals surface area contributed by atoms with E-state index < -0.39 is 0 Å². The van der Waals surface area contributed by atoms with E-state index in [1.807, 2.05) is 69.3 Å². The number of carbonyl (C=O) groups is 1. The highest BCUT2D eigenvalue weighted by Crippen LogP contribution is 2.25. The average molecular weight is 285 g/mol. The van der Waals surface area contributed by atoms with Crippen LogP contribution in [0.15, 0.2) is 53.4 Å². The second-order valence-electron chi connectivity index (χ2n) is 4.81. The molecule has 1 atom stereocenters. The van der Waals surface area contributed by atoms with Gasteiger partial charge in [0.2, 0.25) is 5.91 Å². The fourth-order valence-electron chi connectivity index (χ4n) is 1.88. The predicted molar refractivity (Wildman–Crippen MR) is 86.3 cm³/mol. The van der Waals surface area contributed by atoms with Crippen LogP contribution in [0.25, 0.3) is 0 Å². The van der Waals surface area contributed by atoms with Crippen LogP contribution in [0.1, 0.15) is 18.1 Å². The van der Waals surface area contributed by atoms with Crippen LogP contribution in [0.5, 0.6) is 0 Å². The lowest BCUT2D eigenvalue weighted by Crippen LogP contribution is -2.22. The molecule has 2 nitrogen and oxygen atoms in total. The summed E-state index contributed by atoms with van der Waals surface area (Å²) in [6, 6.07) is 15.9. The molecule has 20 heavy (non-hydrogen) atoms. The maximum atomic E-state index is 12.2. The number of hydrogen-bond acceptors (Lipinski definition) is 2. The van der Waals surface area contributed by atoms with Crippen LogP contribution in [0.2, 0.25) is 0 Å². The van der Waals surface area contributed by atoms with Gasteiger partial charge in [0.25, 0.3) is 0 Å². The van der Waals surface area contributed by atoms with Crippen molar-refractivity contribution in [2.75, 3.05) is 5.32 Å². The van der Waals surface area contributed by atoms with Crippen molar-refractivity contribution >= 4 is 23.4 Å². The van der Waals surface area contributed by atoms with Crippen LogP contribution >= 0.6 is 11.8 Å². The SMILES string of the molecule is Cc1cccc(NC(=O)[C@H](C)Sc2ccccc2)c1C. The van der Waals surface area contributed by atoms with E-state index in [0.717, 1.165) is 16.1 Å². The molecule has 0 saturated heterocycles. The third kappa shape index (κ3) is 3.64. The molecule has 2 rings (SSSR count). The Kier molecular flexibility index (Phi) is 4.85. The molecule has 104 valence electrons. The van der Waals surface area contributed by atoms with Gasteiger partial charge in [-0.15, -0.1) is 11.8 Å². The average Bonchev–Trinajstić information content (AvgIpc) is 2.45. The Balaban J connectivity index is 2.03. The number of hydrogen-bond donors (Lipinski definition) is 1. The van der Waals surface area contributed by atoms with Gasteiger partial charge >= 0.3 is 0 Å². The number of aryl methyl sites for hydroxylation is 1. The van der Waals surface area contributed by atoms with Crippen LogP contribution in [0, 0.1) is 13.8 Å². The summed E-state index contributed by atoms with van der Waals surface area (Å²) in [5, 5.41) is 2.88. The first-order chi connectivity index (χ1) is 9.58. The Labute approximate surface area is 124 Å². The maximum absolute atomic E-state index is 12.2. The molecular weight excluding hydrogens is 266 g/mol. The number of amides is 1. The van der Waals surface area contributed by atoms with Crippen molar-refractivity contribution in [2.24, 2.45) is 0 Å². The van der Waals surface area contributed by atoms with Crippen molar-refractivity contribution in [1.29, 1.82) is 0 Å². The number of nitrogens with one attached hydrogen (secondary N) is 1. The van der Waals surface area contributed by atoms with Gasteiger partial charge in [0.1, 0.15) is 0 Å². The summed E-state index contributed by atoms with van der Waals surface area (Å²) < 4.78 is 0. The standard InChI is InChI=1S/C17H19NOS/c1-12-8-7-11-16(13(12)2)18-17(19)14(3)20-15-9-5-4-6-10-15/h4-11,14H,1-3H3,(H,18,19)/t14-/m0/s1. The second kappa shape index (κ2) is 6.62. The van der Waals surface area contributed by atoms with Gasteiger partial charge in [-0.2, -0.15) is 0 Å². The van der Waals surface area contributed by atoms with Crippen molar-refractivity contribution in [3.8, 4) is 0 Å². The summed E-state index contributed by atoms with van der Waals surface area (Å²) in [6.07, 6.45) is 0. The van der Waals surface area contributed by atoms with E-state index in [9.17, 15) is 4.79 Å². The molecule has 0 aliphatic carbocycles. The number of benzene rings is 2. The van der Waals surface area contributed by atoms with Crippen LogP contribution in [-0.2, 0) is 4.79 Å². The Bertz CT molecular complexity index is 595. The first-order valence-corrected chi connectivity index (χ1v) is 7.54. The zero-order valence-electron chi connectivity index (χ0n) is 12.0. The van der Waals surface area contributed by atoms with E-state index >= 15 is 0 Å². The highest BCUT2D eigenvalue weighted by molar-refractivity contribution is 8.00. The third-order valence-electron chi connectivity index (χ3n) is 3.29. The van der Waals surface area contributed by atoms with Gasteiger partial charge in [-0.3, -0.25) is 4.79 Å². The molecule has 1 amide bonds. The molecule has 0 aliphatic rings. The minimum Gasteiger partial charge on any atom is -0.325 e. The lowest BCUT2D eigenvalue weighted by atomic mass is 10.1. The molecule has 0 bridgehead atoms. The summed E-state index contributed by atoms with van der Waals surface area (Å²) in [4.78, 5) is 13.4. The fraction of sp³-hybridized carbons (Fsp3) is 0.235. The van der Waals surface area contributed by atoms with Gasteiger partial charge in [-0.25, -0.2) is 0 Å². The summed E-state index contributed by atoms with van der Waals surface area (Å²) in [7, 11) is 0. The van der Waals surface area contributed by atoms with Crippen molar-refractivity contribution < 1.29 is 4.79 Å². The highest BCUT2D eigenvalue weighted by atomic mass is 32.2. The van der Waals surface area contributed by atoms with Crippen LogP contribution < -0.4 is 5.32 Å². The van der Waals surface area contributed by atoms with E-state index in [4.69, 9.17) is 0 Å². The number of thioether (sulfide) groups is 1. The van der Waals surface area contributed by atoms with Gasteiger partial charge < -0.3 is 5.32 Å². The van der Waals surface area contributed by atoms with Crippen molar-refractivity contribution in [3.63, 3.8) is 0 Å². The molecule has 0 radical (unpaired) electrons. The molecule has 1 N–H and O–H groups in total. The second-order valence-corrected chi connectivity index (χ2v) is 6.22. The molecule has 0 spiro atoms. The number of anilines is 1. The Morgan fingerprint density at radius 1 is 1.05 bits per heavy atom. The minimum atomic E-state index is -0.127. The number of carbonyl (C=O) groups excluding carboxylic acids is 1. The molecule has 2 aromatic carbocycles. The smallest absolute Gasteiger partial charge is 0.237 e. The fourth-order valence-corrected chi connectivity index (χ4v) is 2.77. The van der Waals surface area contributed by atoms with E-state index in [1.165, 1.54) is 5.56 Å². The molecular formula is C17H19NOS. The molecule has 2 aromatic rings. The lowest BCUT2D eigenvalue weighted by molar-refractivity contribution is -0.115. The number of rotatable bonds is 4. The van der Waals surface area contributed by atoms with E-state index in [-0.39, 0.29) is 11.2 Å². The molecule has 0 heterocycles. The summed E-state index contributed by atoms with van der Waals surface area (Å²) >= 11 is 1.57. The zero-order chi connectivity index (χ0) is 14.5. The van der Waals surface area contributed by atoms with Gasteiger partial charge in [-0.1, -0.05) is 30.3 Å². The lowest BCUT2D eigenvalue weighted by Gasteiger charge is -2.14. The molecule has 0 unspecified atom stereocenters. The minimum absolute atomic E-state index is 0.0348. The predicted octanol–water partition coefficient (Wildman–Crippen LogP) is 4.42. The molecule has 0 saturated carbocycles. The topological polar surface area (TPSA) is 29.1 Å². The van der Waals surface area contributed by atoms with Crippen LogP contribution in [-0.4, -0.2) is 11.2 Å². The highest BCUT2D eigenvalue weighted by Gasteiger charge is 2.15. The Morgan fingerprint density at radius 3 is 2.45 bits per heavy atom. The van der Waals surface area contributed by atoms with Crippen molar-refractivity contribution in [3.05, 3.63) is 59.7 Å². The van der Waals surface area contributed by atoms with Crippen molar-refractivity contribution in [2.45, 2.75) is 30.9 Å². The largest absolute Gasteiger partial charge is 0.325 e. The van der Waals surface area contributed by atoms with Gasteiger partial charge in [-0.05, 0) is 50.1 Å². The zero-order valence-corrected chi connectivity index (χ0v) is 12.8. The van der Waals surface area contributed by atoms with E-state index in [0.29, 0.717) is 0 Å². The first kappa shape index (κ1) is 14.7. The summed E-state index contributed by atoms with van der Waals surface area (Å²) in [5.74, 6) is 0.0348. The van der Waals surface area contributed by atoms with Gasteiger partial charge in [0.15, 0.2) is 0 Å². The third-order valence-corrected chi connectivity index (χ3v) is 4.40. The van der Waals surface area contributed by atoms with Crippen LogP contribution in [0.4, 0.5) is 5.69 Å². The van der Waals surface area contributed by atoms with Crippen LogP contribution in [0.3, 0.4) is 0 Å². The Hall–Kier alpha value is -1.74. The maximum Gasteiger partial charge on any atom is 0.237 e. The quantitative estimate of drug-likeness (QED) is 0.842. The molecule has 3 heteroatoms. The molecule has 0 aliphatic heterocycles.